The van der Waals surface area contributed by atoms with E-state index in [0.29, 0.717) is 28.3 Å². The molecule has 0 saturated carbocycles. The Morgan fingerprint density at radius 1 is 0.950 bits per heavy atom. The molecule has 1 heterocycles. The van der Waals surface area contributed by atoms with E-state index in [1.54, 1.807) is 37.5 Å². The highest BCUT2D eigenvalue weighted by Crippen LogP contribution is 2.29. The monoisotopic (exact) mass is 535 g/mol. The van der Waals surface area contributed by atoms with Gasteiger partial charge in [0.1, 0.15) is 0 Å². The lowest BCUT2D eigenvalue weighted by atomic mass is 9.86. The molecule has 0 fully saturated rings. The second-order valence-corrected chi connectivity index (χ2v) is 10.5. The molecule has 3 aromatic carbocycles. The molecule has 0 aliphatic carbocycles. The number of hydrogen-bond acceptors (Lipinski definition) is 5. The first-order valence-electron chi connectivity index (χ1n) is 12.9. The van der Waals surface area contributed by atoms with Crippen molar-refractivity contribution in [3.63, 3.8) is 0 Å². The Morgan fingerprint density at radius 3 is 2.30 bits per heavy atom. The molecule has 3 N–H and O–H groups in total. The Labute approximate surface area is 233 Å². The van der Waals surface area contributed by atoms with E-state index in [-0.39, 0.29) is 28.6 Å². The summed E-state index contributed by atoms with van der Waals surface area (Å²) in [5, 5.41) is 8.77. The van der Waals surface area contributed by atoms with Crippen LogP contribution in [0.25, 0.3) is 11.3 Å². The number of benzene rings is 3. The molecule has 0 aliphatic heterocycles. The van der Waals surface area contributed by atoms with E-state index in [0.717, 1.165) is 16.7 Å². The van der Waals surface area contributed by atoms with Crippen LogP contribution in [0.15, 0.2) is 90.4 Å². The van der Waals surface area contributed by atoms with Crippen LogP contribution in [0, 0.1) is 6.92 Å². The third-order valence-corrected chi connectivity index (χ3v) is 6.52. The van der Waals surface area contributed by atoms with E-state index < -0.39 is 0 Å². The number of hydrogen-bond donors (Lipinski definition) is 3. The van der Waals surface area contributed by atoms with Gasteiger partial charge in [-0.3, -0.25) is 14.4 Å². The van der Waals surface area contributed by atoms with Crippen molar-refractivity contribution in [2.45, 2.75) is 33.1 Å². The fraction of sp³-hybridized carbons (Fsp3) is 0.188. The van der Waals surface area contributed by atoms with Gasteiger partial charge in [0.15, 0.2) is 5.82 Å². The molecule has 8 nitrogen and oxygen atoms in total. The smallest absolute Gasteiger partial charge is 0.293 e. The fourth-order valence-electron chi connectivity index (χ4n) is 4.19. The van der Waals surface area contributed by atoms with E-state index in [1.807, 2.05) is 49.4 Å². The van der Waals surface area contributed by atoms with Crippen LogP contribution in [0.5, 0.6) is 0 Å². The van der Waals surface area contributed by atoms with Crippen LogP contribution >= 0.6 is 0 Å². The average Bonchev–Trinajstić information content (AvgIpc) is 2.92. The van der Waals surface area contributed by atoms with Gasteiger partial charge in [0.2, 0.25) is 5.91 Å². The van der Waals surface area contributed by atoms with Crippen LogP contribution in [0.3, 0.4) is 0 Å². The number of nitrogens with one attached hydrogen (secondary N) is 3. The zero-order chi connectivity index (χ0) is 29.0. The Morgan fingerprint density at radius 2 is 1.62 bits per heavy atom. The van der Waals surface area contributed by atoms with Crippen molar-refractivity contribution < 1.29 is 9.59 Å². The van der Waals surface area contributed by atoms with Gasteiger partial charge in [-0.15, -0.1) is 0 Å². The summed E-state index contributed by atoms with van der Waals surface area (Å²) in [7, 11) is 1.65. The minimum atomic E-state index is -0.336. The van der Waals surface area contributed by atoms with Crippen LogP contribution in [-0.2, 0) is 17.3 Å². The fourth-order valence-corrected chi connectivity index (χ4v) is 4.19. The third kappa shape index (κ3) is 6.35. The number of carbonyl (C=O) groups excluding carboxylic acids is 2. The van der Waals surface area contributed by atoms with Crippen LogP contribution in [-0.4, -0.2) is 21.4 Å². The SMILES string of the molecule is C=CC(=O)Nc1cccc(Nc2nc(-c3cccc(NC(=O)c4ccc(C(C)(C)C)cc4)c3C)cn(C)c2=O)c1. The van der Waals surface area contributed by atoms with E-state index in [2.05, 4.69) is 48.3 Å². The highest BCUT2D eigenvalue weighted by molar-refractivity contribution is 6.05. The first kappa shape index (κ1) is 28.0. The largest absolute Gasteiger partial charge is 0.336 e. The number of carbonyl (C=O) groups is 2. The van der Waals surface area contributed by atoms with Crippen molar-refractivity contribution in [2.75, 3.05) is 16.0 Å². The van der Waals surface area contributed by atoms with Crippen LogP contribution in [0.1, 0.15) is 42.3 Å². The summed E-state index contributed by atoms with van der Waals surface area (Å²) >= 11 is 0. The Balaban J connectivity index is 1.61. The first-order valence-corrected chi connectivity index (χ1v) is 12.9. The first-order chi connectivity index (χ1) is 19.0. The summed E-state index contributed by atoms with van der Waals surface area (Å²) in [6, 6.07) is 20.1. The zero-order valence-electron chi connectivity index (χ0n) is 23.3. The lowest BCUT2D eigenvalue weighted by Gasteiger charge is -2.19. The number of rotatable bonds is 7. The van der Waals surface area contributed by atoms with E-state index in [1.165, 1.54) is 10.6 Å². The summed E-state index contributed by atoms with van der Waals surface area (Å²) < 4.78 is 1.45. The second-order valence-electron chi connectivity index (χ2n) is 10.5. The van der Waals surface area contributed by atoms with Crippen molar-refractivity contribution >= 4 is 34.7 Å². The van der Waals surface area contributed by atoms with Gasteiger partial charge in [-0.25, -0.2) is 4.98 Å². The lowest BCUT2D eigenvalue weighted by molar-refractivity contribution is -0.111. The number of aromatic nitrogens is 2. The number of anilines is 4. The van der Waals surface area contributed by atoms with Gasteiger partial charge in [-0.2, -0.15) is 0 Å². The van der Waals surface area contributed by atoms with E-state index >= 15 is 0 Å². The maximum Gasteiger partial charge on any atom is 0.293 e. The molecule has 0 spiro atoms. The van der Waals surface area contributed by atoms with Gasteiger partial charge < -0.3 is 20.5 Å². The normalized spacial score (nSPS) is 11.0. The summed E-state index contributed by atoms with van der Waals surface area (Å²) in [6.45, 7) is 11.8. The van der Waals surface area contributed by atoms with Crippen LogP contribution < -0.4 is 21.5 Å². The van der Waals surface area contributed by atoms with Gasteiger partial charge in [0.05, 0.1) is 5.69 Å². The Bertz CT molecular complexity index is 1650. The maximum absolute atomic E-state index is 13.0. The van der Waals surface area contributed by atoms with Crippen LogP contribution in [0.2, 0.25) is 0 Å². The molecule has 0 aliphatic rings. The van der Waals surface area contributed by atoms with Crippen molar-refractivity contribution in [1.29, 1.82) is 0 Å². The second kappa shape index (κ2) is 11.4. The number of amides is 2. The predicted octanol–water partition coefficient (Wildman–Crippen LogP) is 6.17. The highest BCUT2D eigenvalue weighted by Gasteiger charge is 2.17. The predicted molar refractivity (Wildman–Crippen MR) is 161 cm³/mol. The number of aryl methyl sites for hydroxylation is 1. The summed E-state index contributed by atoms with van der Waals surface area (Å²) in [4.78, 5) is 42.2. The van der Waals surface area contributed by atoms with Gasteiger partial charge in [0.25, 0.3) is 11.5 Å². The van der Waals surface area contributed by atoms with E-state index in [9.17, 15) is 14.4 Å². The van der Waals surface area contributed by atoms with Gasteiger partial charge in [-0.1, -0.05) is 57.7 Å². The maximum atomic E-state index is 13.0. The van der Waals surface area contributed by atoms with E-state index in [4.69, 9.17) is 0 Å². The van der Waals surface area contributed by atoms with Crippen molar-refractivity contribution in [1.82, 2.24) is 9.55 Å². The lowest BCUT2D eigenvalue weighted by Crippen LogP contribution is -2.21. The standard InChI is InChI=1S/C32H33N5O3/c1-7-28(38)33-23-10-8-11-24(18-23)34-29-31(40)37(6)19-27(35-29)25-12-9-13-26(20(25)2)36-30(39)21-14-16-22(17-15-21)32(3,4)5/h7-19H,1H2,2-6H3,(H,33,38)(H,34,35)(H,36,39). The van der Waals surface area contributed by atoms with Gasteiger partial charge >= 0.3 is 0 Å². The minimum Gasteiger partial charge on any atom is -0.336 e. The molecule has 0 atom stereocenters. The summed E-state index contributed by atoms with van der Waals surface area (Å²) in [5.74, 6) is -0.419. The molecule has 204 valence electrons. The summed E-state index contributed by atoms with van der Waals surface area (Å²) in [5.41, 5.74) is 5.33. The molecule has 8 heteroatoms. The van der Waals surface area contributed by atoms with Gasteiger partial charge in [0, 0.05) is 41.4 Å². The van der Waals surface area contributed by atoms with Crippen molar-refractivity contribution in [3.05, 3.63) is 113 Å². The molecular formula is C32H33N5O3. The van der Waals surface area contributed by atoms with Crippen LogP contribution in [0.4, 0.5) is 22.9 Å². The van der Waals surface area contributed by atoms with Crippen molar-refractivity contribution in [3.8, 4) is 11.3 Å². The number of nitrogens with zero attached hydrogens (tertiary/aromatic N) is 2. The molecular weight excluding hydrogens is 502 g/mol. The van der Waals surface area contributed by atoms with Crippen molar-refractivity contribution in [2.24, 2.45) is 7.05 Å². The highest BCUT2D eigenvalue weighted by atomic mass is 16.2. The molecule has 4 aromatic rings. The molecule has 0 radical (unpaired) electrons. The Kier molecular flexibility index (Phi) is 8.00. The zero-order valence-corrected chi connectivity index (χ0v) is 23.3. The summed E-state index contributed by atoms with van der Waals surface area (Å²) in [6.07, 6.45) is 2.84. The van der Waals surface area contributed by atoms with Gasteiger partial charge in [-0.05, 0) is 65.9 Å². The molecule has 0 saturated heterocycles. The topological polar surface area (TPSA) is 105 Å². The average molecular weight is 536 g/mol. The molecule has 0 unspecified atom stereocenters. The minimum absolute atomic E-state index is 0.000653. The molecule has 0 bridgehead atoms. The third-order valence-electron chi connectivity index (χ3n) is 6.52. The molecule has 1 aromatic heterocycles. The molecule has 40 heavy (non-hydrogen) atoms. The Hall–Kier alpha value is -4.98. The quantitative estimate of drug-likeness (QED) is 0.245. The molecule has 4 rings (SSSR count). The molecule has 2 amide bonds.